The molecule has 0 saturated carbocycles. The summed E-state index contributed by atoms with van der Waals surface area (Å²) in [4.78, 5) is 26.7. The summed E-state index contributed by atoms with van der Waals surface area (Å²) in [5.41, 5.74) is 3.37. The SMILES string of the molecule is CNC(=O)c1ccc(CN(Cc2ccco2)C(=O)c2ccc(C(C)C)cc2)cc1. The lowest BCUT2D eigenvalue weighted by molar-refractivity contribution is 0.0717. The molecule has 0 atom stereocenters. The third-order valence-corrected chi connectivity index (χ3v) is 4.85. The van der Waals surface area contributed by atoms with Crippen LogP contribution in [0, 0.1) is 0 Å². The van der Waals surface area contributed by atoms with E-state index in [1.165, 1.54) is 5.56 Å². The molecule has 1 aromatic heterocycles. The van der Waals surface area contributed by atoms with Crippen molar-refractivity contribution in [2.75, 3.05) is 7.05 Å². The number of hydrogen-bond acceptors (Lipinski definition) is 3. The molecule has 0 aliphatic rings. The monoisotopic (exact) mass is 390 g/mol. The van der Waals surface area contributed by atoms with Crippen LogP contribution < -0.4 is 5.32 Å². The molecule has 1 N–H and O–H groups in total. The highest BCUT2D eigenvalue weighted by atomic mass is 16.3. The number of nitrogens with zero attached hydrogens (tertiary/aromatic N) is 1. The molecule has 5 nitrogen and oxygen atoms in total. The van der Waals surface area contributed by atoms with E-state index >= 15 is 0 Å². The molecule has 0 saturated heterocycles. The van der Waals surface area contributed by atoms with E-state index < -0.39 is 0 Å². The number of amides is 2. The van der Waals surface area contributed by atoms with E-state index in [-0.39, 0.29) is 11.8 Å². The maximum atomic E-state index is 13.2. The molecule has 5 heteroatoms. The fraction of sp³-hybridized carbons (Fsp3) is 0.250. The van der Waals surface area contributed by atoms with Gasteiger partial charge < -0.3 is 14.6 Å². The molecule has 150 valence electrons. The van der Waals surface area contributed by atoms with Crippen molar-refractivity contribution in [3.8, 4) is 0 Å². The van der Waals surface area contributed by atoms with Gasteiger partial charge in [-0.2, -0.15) is 0 Å². The fourth-order valence-electron chi connectivity index (χ4n) is 3.11. The number of furan rings is 1. The van der Waals surface area contributed by atoms with Crippen LogP contribution in [-0.2, 0) is 13.1 Å². The third-order valence-electron chi connectivity index (χ3n) is 4.85. The van der Waals surface area contributed by atoms with E-state index in [2.05, 4.69) is 19.2 Å². The van der Waals surface area contributed by atoms with Crippen molar-refractivity contribution < 1.29 is 14.0 Å². The summed E-state index contributed by atoms with van der Waals surface area (Å²) in [6.45, 7) is 5.04. The molecule has 0 aliphatic heterocycles. The molecule has 2 aromatic carbocycles. The Morgan fingerprint density at radius 1 is 0.931 bits per heavy atom. The molecule has 0 radical (unpaired) electrons. The summed E-state index contributed by atoms with van der Waals surface area (Å²) >= 11 is 0. The van der Waals surface area contributed by atoms with Crippen molar-refractivity contribution in [1.82, 2.24) is 10.2 Å². The van der Waals surface area contributed by atoms with Gasteiger partial charge in [-0.3, -0.25) is 9.59 Å². The van der Waals surface area contributed by atoms with E-state index in [9.17, 15) is 9.59 Å². The van der Waals surface area contributed by atoms with Crippen LogP contribution in [0.3, 0.4) is 0 Å². The average Bonchev–Trinajstić information content (AvgIpc) is 3.26. The lowest BCUT2D eigenvalue weighted by Crippen LogP contribution is -2.30. The first kappa shape index (κ1) is 20.4. The van der Waals surface area contributed by atoms with Crippen LogP contribution in [0.4, 0.5) is 0 Å². The molecule has 0 fully saturated rings. The Kier molecular flexibility index (Phi) is 6.50. The summed E-state index contributed by atoms with van der Waals surface area (Å²) in [5.74, 6) is 0.939. The van der Waals surface area contributed by atoms with Gasteiger partial charge in [-0.15, -0.1) is 0 Å². The van der Waals surface area contributed by atoms with Crippen molar-refractivity contribution in [2.45, 2.75) is 32.9 Å². The predicted octanol–water partition coefficient (Wildman–Crippen LogP) is 4.61. The van der Waals surface area contributed by atoms with Gasteiger partial charge in [-0.1, -0.05) is 38.1 Å². The van der Waals surface area contributed by atoms with Crippen molar-refractivity contribution >= 4 is 11.8 Å². The van der Waals surface area contributed by atoms with E-state index in [1.807, 2.05) is 48.5 Å². The van der Waals surface area contributed by atoms with Gasteiger partial charge in [0.05, 0.1) is 12.8 Å². The van der Waals surface area contributed by atoms with E-state index in [4.69, 9.17) is 4.42 Å². The van der Waals surface area contributed by atoms with Crippen LogP contribution in [0.5, 0.6) is 0 Å². The zero-order valence-electron chi connectivity index (χ0n) is 17.0. The van der Waals surface area contributed by atoms with Crippen LogP contribution in [-0.4, -0.2) is 23.8 Å². The molecule has 0 unspecified atom stereocenters. The summed E-state index contributed by atoms with van der Waals surface area (Å²) in [6.07, 6.45) is 1.60. The molecule has 3 aromatic rings. The third kappa shape index (κ3) is 5.13. The van der Waals surface area contributed by atoms with Gasteiger partial charge in [0.2, 0.25) is 0 Å². The highest BCUT2D eigenvalue weighted by Gasteiger charge is 2.18. The molecule has 2 amide bonds. The van der Waals surface area contributed by atoms with Crippen LogP contribution in [0.1, 0.15) is 57.4 Å². The van der Waals surface area contributed by atoms with Crippen molar-refractivity contribution in [1.29, 1.82) is 0 Å². The lowest BCUT2D eigenvalue weighted by Gasteiger charge is -2.22. The van der Waals surface area contributed by atoms with Crippen LogP contribution in [0.2, 0.25) is 0 Å². The summed E-state index contributed by atoms with van der Waals surface area (Å²) < 4.78 is 5.46. The molecular formula is C24H26N2O3. The normalized spacial score (nSPS) is 10.8. The minimum atomic E-state index is -0.134. The Morgan fingerprint density at radius 3 is 2.14 bits per heavy atom. The summed E-state index contributed by atoms with van der Waals surface area (Å²) in [6, 6.07) is 18.7. The number of carbonyl (C=O) groups is 2. The summed E-state index contributed by atoms with van der Waals surface area (Å²) in [5, 5.41) is 2.61. The second-order valence-corrected chi connectivity index (χ2v) is 7.29. The number of nitrogens with one attached hydrogen (secondary N) is 1. The Balaban J connectivity index is 1.82. The minimum Gasteiger partial charge on any atom is -0.467 e. The first-order chi connectivity index (χ1) is 14.0. The van der Waals surface area contributed by atoms with Crippen molar-refractivity contribution in [3.63, 3.8) is 0 Å². The van der Waals surface area contributed by atoms with Crippen molar-refractivity contribution in [2.24, 2.45) is 0 Å². The number of hydrogen-bond donors (Lipinski definition) is 1. The number of carbonyl (C=O) groups excluding carboxylic acids is 2. The largest absolute Gasteiger partial charge is 0.467 e. The van der Waals surface area contributed by atoms with E-state index in [1.54, 1.807) is 30.3 Å². The minimum absolute atomic E-state index is 0.0629. The first-order valence-electron chi connectivity index (χ1n) is 9.70. The summed E-state index contributed by atoms with van der Waals surface area (Å²) in [7, 11) is 1.60. The molecular weight excluding hydrogens is 364 g/mol. The Hall–Kier alpha value is -3.34. The molecule has 1 heterocycles. The van der Waals surface area contributed by atoms with E-state index in [0.29, 0.717) is 30.1 Å². The molecule has 0 aliphatic carbocycles. The zero-order valence-corrected chi connectivity index (χ0v) is 17.0. The topological polar surface area (TPSA) is 62.6 Å². The zero-order chi connectivity index (χ0) is 20.8. The second-order valence-electron chi connectivity index (χ2n) is 7.29. The van der Waals surface area contributed by atoms with Gasteiger partial charge in [0.1, 0.15) is 5.76 Å². The van der Waals surface area contributed by atoms with Crippen molar-refractivity contribution in [3.05, 3.63) is 94.9 Å². The molecule has 29 heavy (non-hydrogen) atoms. The van der Waals surface area contributed by atoms with Gasteiger partial charge in [-0.25, -0.2) is 0 Å². The maximum absolute atomic E-state index is 13.2. The predicted molar refractivity (Wildman–Crippen MR) is 113 cm³/mol. The Morgan fingerprint density at radius 2 is 1.59 bits per heavy atom. The molecule has 3 rings (SSSR count). The van der Waals surface area contributed by atoms with Gasteiger partial charge in [0.15, 0.2) is 0 Å². The quantitative estimate of drug-likeness (QED) is 0.641. The number of benzene rings is 2. The Bertz CT molecular complexity index is 943. The maximum Gasteiger partial charge on any atom is 0.254 e. The van der Waals surface area contributed by atoms with Gasteiger partial charge in [0, 0.05) is 24.7 Å². The van der Waals surface area contributed by atoms with Gasteiger partial charge in [0.25, 0.3) is 11.8 Å². The molecule has 0 bridgehead atoms. The Labute approximate surface area is 171 Å². The second kappa shape index (κ2) is 9.24. The van der Waals surface area contributed by atoms with Crippen LogP contribution in [0.25, 0.3) is 0 Å². The number of rotatable bonds is 7. The van der Waals surface area contributed by atoms with E-state index in [0.717, 1.165) is 11.3 Å². The van der Waals surface area contributed by atoms with Gasteiger partial charge >= 0.3 is 0 Å². The molecule has 0 spiro atoms. The van der Waals surface area contributed by atoms with Crippen LogP contribution in [0.15, 0.2) is 71.3 Å². The highest BCUT2D eigenvalue weighted by Crippen LogP contribution is 2.18. The average molecular weight is 390 g/mol. The smallest absolute Gasteiger partial charge is 0.254 e. The lowest BCUT2D eigenvalue weighted by atomic mass is 10.0. The standard InChI is InChI=1S/C24H26N2O3/c1-17(2)19-10-12-21(13-11-19)24(28)26(16-22-5-4-14-29-22)15-18-6-8-20(9-7-18)23(27)25-3/h4-14,17H,15-16H2,1-3H3,(H,25,27). The fourth-order valence-corrected chi connectivity index (χ4v) is 3.11. The van der Waals surface area contributed by atoms with Crippen LogP contribution >= 0.6 is 0 Å². The first-order valence-corrected chi connectivity index (χ1v) is 9.70. The van der Waals surface area contributed by atoms with Gasteiger partial charge in [-0.05, 0) is 53.4 Å². The highest BCUT2D eigenvalue weighted by molar-refractivity contribution is 5.95.